The smallest absolute Gasteiger partial charge is 0.225 e. The highest BCUT2D eigenvalue weighted by Gasteiger charge is 2.34. The van der Waals surface area contributed by atoms with Gasteiger partial charge >= 0.3 is 0 Å². The van der Waals surface area contributed by atoms with Crippen molar-refractivity contribution in [2.75, 3.05) is 65.6 Å². The average Bonchev–Trinajstić information content (AvgIpc) is 3.35. The van der Waals surface area contributed by atoms with Gasteiger partial charge in [0.25, 0.3) is 0 Å². The maximum Gasteiger partial charge on any atom is 0.225 e. The molecular formula is C16H29N3O3. The predicted octanol–water partition coefficient (Wildman–Crippen LogP) is -0.376. The van der Waals surface area contributed by atoms with Crippen LogP contribution in [0.3, 0.4) is 0 Å². The van der Waals surface area contributed by atoms with E-state index in [1.165, 1.54) is 0 Å². The zero-order valence-electron chi connectivity index (χ0n) is 13.5. The minimum atomic E-state index is -0.316. The summed E-state index contributed by atoms with van der Waals surface area (Å²) >= 11 is 0. The lowest BCUT2D eigenvalue weighted by Gasteiger charge is -2.30. The van der Waals surface area contributed by atoms with Crippen LogP contribution in [0.5, 0.6) is 0 Å². The summed E-state index contributed by atoms with van der Waals surface area (Å²) in [4.78, 5) is 18.8. The maximum absolute atomic E-state index is 12.1. The van der Waals surface area contributed by atoms with Crippen molar-refractivity contribution in [3.63, 3.8) is 0 Å². The number of carbonyl (C=O) groups is 1. The van der Waals surface area contributed by atoms with Gasteiger partial charge in [0.05, 0.1) is 19.3 Å². The van der Waals surface area contributed by atoms with Crippen LogP contribution in [-0.2, 0) is 9.53 Å². The Morgan fingerprint density at radius 3 is 2.36 bits per heavy atom. The number of nitrogens with zero attached hydrogens (tertiary/aromatic N) is 3. The molecule has 1 aliphatic carbocycles. The molecule has 1 amide bonds. The van der Waals surface area contributed by atoms with Crippen LogP contribution < -0.4 is 0 Å². The zero-order chi connectivity index (χ0) is 15.4. The van der Waals surface area contributed by atoms with Gasteiger partial charge in [0.2, 0.25) is 5.91 Å². The van der Waals surface area contributed by atoms with E-state index in [4.69, 9.17) is 4.74 Å². The second-order valence-corrected chi connectivity index (χ2v) is 6.82. The Labute approximate surface area is 133 Å². The number of hydrogen-bond donors (Lipinski definition) is 1. The monoisotopic (exact) mass is 311 g/mol. The molecule has 2 aliphatic heterocycles. The maximum atomic E-state index is 12.1. The Bertz CT molecular complexity index is 370. The van der Waals surface area contributed by atoms with E-state index in [0.29, 0.717) is 18.4 Å². The summed E-state index contributed by atoms with van der Waals surface area (Å²) in [5, 5.41) is 10.3. The molecule has 1 atom stereocenters. The molecular weight excluding hydrogens is 282 g/mol. The molecule has 22 heavy (non-hydrogen) atoms. The summed E-state index contributed by atoms with van der Waals surface area (Å²) < 4.78 is 5.34. The molecule has 0 spiro atoms. The molecule has 3 fully saturated rings. The average molecular weight is 311 g/mol. The minimum absolute atomic E-state index is 0.316. The van der Waals surface area contributed by atoms with Crippen molar-refractivity contribution >= 4 is 5.91 Å². The third-order valence-corrected chi connectivity index (χ3v) is 4.87. The number of rotatable bonds is 5. The van der Waals surface area contributed by atoms with Crippen LogP contribution in [0.15, 0.2) is 0 Å². The second-order valence-electron chi connectivity index (χ2n) is 6.82. The van der Waals surface area contributed by atoms with Gasteiger partial charge in [-0.1, -0.05) is 0 Å². The Morgan fingerprint density at radius 1 is 1.00 bits per heavy atom. The van der Waals surface area contributed by atoms with Gasteiger partial charge in [-0.3, -0.25) is 14.6 Å². The van der Waals surface area contributed by atoms with E-state index in [1.54, 1.807) is 0 Å². The number of ether oxygens (including phenoxy) is 1. The molecule has 0 aromatic heterocycles. The molecule has 2 heterocycles. The Balaban J connectivity index is 1.39. The highest BCUT2D eigenvalue weighted by atomic mass is 16.5. The lowest BCUT2D eigenvalue weighted by Crippen LogP contribution is -2.45. The van der Waals surface area contributed by atoms with E-state index >= 15 is 0 Å². The molecule has 6 heteroatoms. The molecule has 126 valence electrons. The quantitative estimate of drug-likeness (QED) is 0.750. The Morgan fingerprint density at radius 2 is 1.68 bits per heavy atom. The first-order chi connectivity index (χ1) is 10.7. The number of amides is 1. The molecule has 2 saturated heterocycles. The highest BCUT2D eigenvalue weighted by molar-refractivity contribution is 5.81. The van der Waals surface area contributed by atoms with Gasteiger partial charge in [0.1, 0.15) is 0 Å². The molecule has 0 aromatic rings. The van der Waals surface area contributed by atoms with Gasteiger partial charge in [-0.2, -0.15) is 0 Å². The summed E-state index contributed by atoms with van der Waals surface area (Å²) in [6.45, 7) is 8.39. The van der Waals surface area contributed by atoms with Gasteiger partial charge in [-0.25, -0.2) is 0 Å². The van der Waals surface area contributed by atoms with Gasteiger partial charge in [-0.15, -0.1) is 0 Å². The summed E-state index contributed by atoms with van der Waals surface area (Å²) in [7, 11) is 0. The first kappa shape index (κ1) is 16.2. The number of β-amino-alcohol motifs (C(OH)–C–C–N with tert-alkyl or cyclic N) is 1. The molecule has 3 aliphatic rings. The van der Waals surface area contributed by atoms with Crippen LogP contribution in [0.1, 0.15) is 19.3 Å². The van der Waals surface area contributed by atoms with Crippen molar-refractivity contribution < 1.29 is 14.6 Å². The number of morpholine rings is 1. The fraction of sp³-hybridized carbons (Fsp3) is 0.938. The topological polar surface area (TPSA) is 56.2 Å². The summed E-state index contributed by atoms with van der Waals surface area (Å²) in [5.41, 5.74) is 0. The van der Waals surface area contributed by atoms with Crippen LogP contribution in [-0.4, -0.2) is 97.4 Å². The fourth-order valence-electron chi connectivity index (χ4n) is 3.40. The molecule has 1 unspecified atom stereocenters. The molecule has 6 nitrogen and oxygen atoms in total. The first-order valence-electron chi connectivity index (χ1n) is 8.71. The van der Waals surface area contributed by atoms with Crippen molar-refractivity contribution in [1.82, 2.24) is 14.7 Å². The van der Waals surface area contributed by atoms with E-state index in [2.05, 4.69) is 9.80 Å². The van der Waals surface area contributed by atoms with Gasteiger partial charge in [-0.05, 0) is 25.8 Å². The van der Waals surface area contributed by atoms with E-state index in [0.717, 1.165) is 78.3 Å². The van der Waals surface area contributed by atoms with E-state index in [9.17, 15) is 9.90 Å². The van der Waals surface area contributed by atoms with E-state index in [-0.39, 0.29) is 6.10 Å². The predicted molar refractivity (Wildman–Crippen MR) is 83.6 cm³/mol. The van der Waals surface area contributed by atoms with Crippen molar-refractivity contribution in [2.24, 2.45) is 5.92 Å². The van der Waals surface area contributed by atoms with Crippen LogP contribution >= 0.6 is 0 Å². The number of aliphatic hydroxyl groups is 1. The largest absolute Gasteiger partial charge is 0.390 e. The van der Waals surface area contributed by atoms with Gasteiger partial charge < -0.3 is 14.7 Å². The zero-order valence-corrected chi connectivity index (χ0v) is 13.5. The van der Waals surface area contributed by atoms with E-state index < -0.39 is 0 Å². The lowest BCUT2D eigenvalue weighted by molar-refractivity contribution is -0.132. The lowest BCUT2D eigenvalue weighted by atomic mass is 10.2. The SMILES string of the molecule is O=C(C1CC1)N1CCCN(CC(O)CN2CCOCC2)CC1. The molecule has 3 rings (SSSR count). The summed E-state index contributed by atoms with van der Waals surface area (Å²) in [5.74, 6) is 0.675. The van der Waals surface area contributed by atoms with Crippen LogP contribution in [0.25, 0.3) is 0 Å². The first-order valence-corrected chi connectivity index (χ1v) is 8.71. The number of aliphatic hydroxyl groups excluding tert-OH is 1. The standard InChI is InChI=1S/C16H29N3O3/c20-15(13-18-8-10-22-11-9-18)12-17-4-1-5-19(7-6-17)16(21)14-2-3-14/h14-15,20H,1-13H2. The second kappa shape index (κ2) is 7.73. The van der Waals surface area contributed by atoms with Crippen molar-refractivity contribution in [3.8, 4) is 0 Å². The minimum Gasteiger partial charge on any atom is -0.390 e. The third-order valence-electron chi connectivity index (χ3n) is 4.87. The molecule has 0 bridgehead atoms. The highest BCUT2D eigenvalue weighted by Crippen LogP contribution is 2.31. The van der Waals surface area contributed by atoms with E-state index in [1.807, 2.05) is 4.90 Å². The van der Waals surface area contributed by atoms with Gasteiger partial charge in [0.15, 0.2) is 0 Å². The molecule has 1 N–H and O–H groups in total. The fourth-order valence-corrected chi connectivity index (χ4v) is 3.40. The molecule has 0 aromatic carbocycles. The van der Waals surface area contributed by atoms with Gasteiger partial charge in [0, 0.05) is 51.7 Å². The molecule has 1 saturated carbocycles. The molecule has 0 radical (unpaired) electrons. The van der Waals surface area contributed by atoms with Crippen molar-refractivity contribution in [1.29, 1.82) is 0 Å². The Kier molecular flexibility index (Phi) is 5.68. The van der Waals surface area contributed by atoms with Crippen molar-refractivity contribution in [2.45, 2.75) is 25.4 Å². The van der Waals surface area contributed by atoms with Crippen LogP contribution in [0.2, 0.25) is 0 Å². The van der Waals surface area contributed by atoms with Crippen molar-refractivity contribution in [3.05, 3.63) is 0 Å². The Hall–Kier alpha value is -0.690. The summed E-state index contributed by atoms with van der Waals surface area (Å²) in [6, 6.07) is 0. The third kappa shape index (κ3) is 4.65. The normalized spacial score (nSPS) is 26.7. The van der Waals surface area contributed by atoms with Crippen LogP contribution in [0, 0.1) is 5.92 Å². The number of carbonyl (C=O) groups excluding carboxylic acids is 1. The number of hydrogen-bond acceptors (Lipinski definition) is 5. The summed E-state index contributed by atoms with van der Waals surface area (Å²) in [6.07, 6.45) is 2.86. The van der Waals surface area contributed by atoms with Crippen LogP contribution in [0.4, 0.5) is 0 Å².